The van der Waals surface area contributed by atoms with Crippen LogP contribution >= 0.6 is 15.9 Å². The Hall–Kier alpha value is -1.15. The van der Waals surface area contributed by atoms with Crippen molar-refractivity contribution in [3.63, 3.8) is 0 Å². The summed E-state index contributed by atoms with van der Waals surface area (Å²) in [7, 11) is 1.60. The van der Waals surface area contributed by atoms with E-state index in [1.165, 1.54) is 0 Å². The van der Waals surface area contributed by atoms with Gasteiger partial charge in [-0.25, -0.2) is 0 Å². The van der Waals surface area contributed by atoms with Gasteiger partial charge in [0.15, 0.2) is 0 Å². The van der Waals surface area contributed by atoms with Crippen LogP contribution in [0.25, 0.3) is 0 Å². The van der Waals surface area contributed by atoms with Crippen LogP contribution in [0.4, 0.5) is 0 Å². The van der Waals surface area contributed by atoms with Crippen molar-refractivity contribution in [2.75, 3.05) is 40.0 Å². The smallest absolute Gasteiger partial charge is 0.234 e. The molecule has 1 rings (SSSR count). The number of benzene rings is 1. The highest BCUT2D eigenvalue weighted by Crippen LogP contribution is 2.23. The van der Waals surface area contributed by atoms with Gasteiger partial charge in [0.1, 0.15) is 18.5 Å². The van der Waals surface area contributed by atoms with Crippen LogP contribution in [0.3, 0.4) is 0 Å². The lowest BCUT2D eigenvalue weighted by Crippen LogP contribution is -2.40. The number of ether oxygens (including phenoxy) is 2. The number of nitrogens with one attached hydrogen (secondary N) is 2. The van der Waals surface area contributed by atoms with Crippen LogP contribution in [0.1, 0.15) is 0 Å². The van der Waals surface area contributed by atoms with E-state index >= 15 is 0 Å². The molecule has 0 saturated heterocycles. The van der Waals surface area contributed by atoms with E-state index in [0.717, 1.165) is 4.47 Å². The molecule has 21 heavy (non-hydrogen) atoms. The highest BCUT2D eigenvalue weighted by molar-refractivity contribution is 9.10. The highest BCUT2D eigenvalue weighted by Gasteiger charge is 2.09. The molecule has 0 spiro atoms. The summed E-state index contributed by atoms with van der Waals surface area (Å²) in [5.74, 6) is 0.482. The van der Waals surface area contributed by atoms with Gasteiger partial charge in [-0.15, -0.1) is 0 Å². The number of carbonyl (C=O) groups excluding carboxylic acids is 1. The average molecular weight is 361 g/mol. The predicted octanol–water partition coefficient (Wildman–Crippen LogP) is 0.541. The van der Waals surface area contributed by atoms with Crippen molar-refractivity contribution in [1.29, 1.82) is 0 Å². The van der Waals surface area contributed by atoms with Gasteiger partial charge in [-0.3, -0.25) is 4.79 Å². The summed E-state index contributed by atoms with van der Waals surface area (Å²) >= 11 is 3.35. The number of amides is 1. The second-order valence-electron chi connectivity index (χ2n) is 4.37. The maximum Gasteiger partial charge on any atom is 0.234 e. The fraction of sp³-hybridized carbons (Fsp3) is 0.500. The highest BCUT2D eigenvalue weighted by atomic mass is 79.9. The number of para-hydroxylation sites is 1. The van der Waals surface area contributed by atoms with Gasteiger partial charge in [0, 0.05) is 20.2 Å². The largest absolute Gasteiger partial charge is 0.490 e. The molecule has 3 N–H and O–H groups in total. The van der Waals surface area contributed by atoms with Crippen molar-refractivity contribution < 1.29 is 19.4 Å². The summed E-state index contributed by atoms with van der Waals surface area (Å²) in [6.07, 6.45) is -0.764. The van der Waals surface area contributed by atoms with E-state index in [2.05, 4.69) is 26.6 Å². The number of methoxy groups -OCH3 is 1. The number of aliphatic hydroxyl groups is 1. The van der Waals surface area contributed by atoms with Crippen molar-refractivity contribution in [3.05, 3.63) is 28.7 Å². The Bertz CT molecular complexity index is 431. The molecule has 0 aliphatic carbocycles. The van der Waals surface area contributed by atoms with Crippen LogP contribution in [-0.4, -0.2) is 57.1 Å². The summed E-state index contributed by atoms with van der Waals surface area (Å²) in [5.41, 5.74) is 0. The molecule has 0 saturated carbocycles. The molecule has 0 aliphatic heterocycles. The first kappa shape index (κ1) is 17.9. The fourth-order valence-electron chi connectivity index (χ4n) is 1.48. The number of carbonyl (C=O) groups is 1. The molecule has 6 nitrogen and oxygen atoms in total. The minimum Gasteiger partial charge on any atom is -0.490 e. The van der Waals surface area contributed by atoms with Gasteiger partial charge in [-0.2, -0.15) is 0 Å². The fourth-order valence-corrected chi connectivity index (χ4v) is 1.88. The van der Waals surface area contributed by atoms with Crippen LogP contribution < -0.4 is 15.4 Å². The van der Waals surface area contributed by atoms with Crippen molar-refractivity contribution in [3.8, 4) is 5.75 Å². The third kappa shape index (κ3) is 8.01. The van der Waals surface area contributed by atoms with E-state index in [-0.39, 0.29) is 25.6 Å². The molecule has 1 atom stereocenters. The SMILES string of the molecule is COCCNCC(=O)NCC(O)COc1ccccc1Br. The quantitative estimate of drug-likeness (QED) is 0.530. The molecular formula is C14H21BrN2O4. The van der Waals surface area contributed by atoms with E-state index in [0.29, 0.717) is 18.9 Å². The molecule has 0 heterocycles. The van der Waals surface area contributed by atoms with Crippen molar-refractivity contribution >= 4 is 21.8 Å². The molecule has 118 valence electrons. The van der Waals surface area contributed by atoms with Crippen LogP contribution in [-0.2, 0) is 9.53 Å². The molecule has 0 fully saturated rings. The third-order valence-corrected chi connectivity index (χ3v) is 3.23. The summed E-state index contributed by atoms with van der Waals surface area (Å²) in [6, 6.07) is 7.38. The standard InChI is InChI=1S/C14H21BrN2O4/c1-20-7-6-16-9-14(19)17-8-11(18)10-21-13-5-3-2-4-12(13)15/h2-5,11,16,18H,6-10H2,1H3,(H,17,19). The van der Waals surface area contributed by atoms with E-state index in [1.807, 2.05) is 18.2 Å². The van der Waals surface area contributed by atoms with E-state index < -0.39 is 6.10 Å². The lowest BCUT2D eigenvalue weighted by Gasteiger charge is -2.14. The van der Waals surface area contributed by atoms with Crippen LogP contribution in [0, 0.1) is 0 Å². The number of hydrogen-bond acceptors (Lipinski definition) is 5. The second kappa shape index (κ2) is 10.6. The Kier molecular flexibility index (Phi) is 9.00. The predicted molar refractivity (Wildman–Crippen MR) is 83.4 cm³/mol. The van der Waals surface area contributed by atoms with E-state index in [1.54, 1.807) is 13.2 Å². The summed E-state index contributed by atoms with van der Waals surface area (Å²) in [6.45, 7) is 1.61. The van der Waals surface area contributed by atoms with Gasteiger partial charge in [-0.1, -0.05) is 12.1 Å². The van der Waals surface area contributed by atoms with Gasteiger partial charge in [0.25, 0.3) is 0 Å². The maximum atomic E-state index is 11.5. The summed E-state index contributed by atoms with van der Waals surface area (Å²) in [4.78, 5) is 11.5. The maximum absolute atomic E-state index is 11.5. The molecule has 0 bridgehead atoms. The summed E-state index contributed by atoms with van der Waals surface area (Å²) < 4.78 is 11.1. The lowest BCUT2D eigenvalue weighted by atomic mass is 10.3. The molecule has 1 aromatic rings. The first-order chi connectivity index (χ1) is 10.1. The monoisotopic (exact) mass is 360 g/mol. The number of halogens is 1. The van der Waals surface area contributed by atoms with Crippen molar-refractivity contribution in [2.24, 2.45) is 0 Å². The molecular weight excluding hydrogens is 340 g/mol. The number of aliphatic hydroxyl groups excluding tert-OH is 1. The number of hydrogen-bond donors (Lipinski definition) is 3. The van der Waals surface area contributed by atoms with Gasteiger partial charge in [-0.05, 0) is 28.1 Å². The number of rotatable bonds is 10. The Morgan fingerprint density at radius 1 is 1.43 bits per heavy atom. The van der Waals surface area contributed by atoms with E-state index in [9.17, 15) is 9.90 Å². The van der Waals surface area contributed by atoms with Crippen LogP contribution in [0.15, 0.2) is 28.7 Å². The molecule has 1 unspecified atom stereocenters. The van der Waals surface area contributed by atoms with Crippen molar-refractivity contribution in [2.45, 2.75) is 6.10 Å². The normalized spacial score (nSPS) is 12.0. The Morgan fingerprint density at radius 2 is 2.19 bits per heavy atom. The zero-order valence-electron chi connectivity index (χ0n) is 12.0. The first-order valence-corrected chi connectivity index (χ1v) is 7.44. The molecule has 7 heteroatoms. The Morgan fingerprint density at radius 3 is 2.90 bits per heavy atom. The molecule has 1 amide bonds. The zero-order valence-corrected chi connectivity index (χ0v) is 13.6. The lowest BCUT2D eigenvalue weighted by molar-refractivity contribution is -0.120. The van der Waals surface area contributed by atoms with Gasteiger partial charge < -0.3 is 25.2 Å². The molecule has 0 aliphatic rings. The molecule has 0 aromatic heterocycles. The van der Waals surface area contributed by atoms with Gasteiger partial charge in [0.2, 0.25) is 5.91 Å². The minimum absolute atomic E-state index is 0.111. The van der Waals surface area contributed by atoms with E-state index in [4.69, 9.17) is 9.47 Å². The minimum atomic E-state index is -0.764. The zero-order chi connectivity index (χ0) is 15.5. The third-order valence-electron chi connectivity index (χ3n) is 2.57. The second-order valence-corrected chi connectivity index (χ2v) is 5.22. The molecule has 1 aromatic carbocycles. The van der Waals surface area contributed by atoms with Crippen molar-refractivity contribution in [1.82, 2.24) is 10.6 Å². The topological polar surface area (TPSA) is 79.8 Å². The van der Waals surface area contributed by atoms with Crippen LogP contribution in [0.2, 0.25) is 0 Å². The average Bonchev–Trinajstić information content (AvgIpc) is 2.48. The first-order valence-electron chi connectivity index (χ1n) is 6.65. The Balaban J connectivity index is 2.15. The van der Waals surface area contributed by atoms with Crippen LogP contribution in [0.5, 0.6) is 5.75 Å². The Labute approximate surface area is 133 Å². The van der Waals surface area contributed by atoms with Gasteiger partial charge in [0.05, 0.1) is 17.6 Å². The summed E-state index contributed by atoms with van der Waals surface area (Å²) in [5, 5.41) is 15.3. The van der Waals surface area contributed by atoms with Gasteiger partial charge >= 0.3 is 0 Å². The molecule has 0 radical (unpaired) electrons.